The highest BCUT2D eigenvalue weighted by Crippen LogP contribution is 2.23. The lowest BCUT2D eigenvalue weighted by atomic mass is 10.0. The fourth-order valence-corrected chi connectivity index (χ4v) is 4.64. The first-order valence-electron chi connectivity index (χ1n) is 10.9. The SMILES string of the molecule is Cc1cc(C)n2nc(SCc3ccccc3C(=O)NCC(c3cccc(F)c3)N(C)C)nc2n1. The minimum Gasteiger partial charge on any atom is -0.350 e. The van der Waals surface area contributed by atoms with Crippen molar-refractivity contribution in [1.82, 2.24) is 29.8 Å². The summed E-state index contributed by atoms with van der Waals surface area (Å²) in [5.74, 6) is 0.646. The molecule has 0 spiro atoms. The standard InChI is InChI=1S/C25H27FN6OS/c1-16-12-17(2)32-24(28-16)29-25(30-32)34-15-19-8-5-6-11-21(19)23(33)27-14-22(31(3)4)18-9-7-10-20(26)13-18/h5-13,22H,14-15H2,1-4H3,(H,27,33). The fraction of sp³-hybridized carbons (Fsp3) is 0.280. The number of carbonyl (C=O) groups is 1. The molecule has 0 bridgehead atoms. The molecule has 9 heteroatoms. The molecule has 2 heterocycles. The molecule has 1 amide bonds. The molecule has 0 radical (unpaired) electrons. The van der Waals surface area contributed by atoms with Gasteiger partial charge in [-0.2, -0.15) is 4.98 Å². The van der Waals surface area contributed by atoms with E-state index in [9.17, 15) is 9.18 Å². The summed E-state index contributed by atoms with van der Waals surface area (Å²) in [5, 5.41) is 8.15. The third kappa shape index (κ3) is 5.43. The zero-order chi connectivity index (χ0) is 24.2. The Labute approximate surface area is 202 Å². The van der Waals surface area contributed by atoms with Gasteiger partial charge in [-0.05, 0) is 63.3 Å². The van der Waals surface area contributed by atoms with Crippen LogP contribution in [0, 0.1) is 19.7 Å². The van der Waals surface area contributed by atoms with Crippen LogP contribution in [-0.4, -0.2) is 51.0 Å². The molecule has 0 saturated carbocycles. The minimum atomic E-state index is -0.292. The van der Waals surface area contributed by atoms with Crippen molar-refractivity contribution in [3.05, 3.63) is 88.5 Å². The lowest BCUT2D eigenvalue weighted by Gasteiger charge is -2.25. The maximum atomic E-state index is 13.7. The number of aryl methyl sites for hydroxylation is 2. The summed E-state index contributed by atoms with van der Waals surface area (Å²) in [5.41, 5.74) is 4.16. The van der Waals surface area contributed by atoms with Crippen LogP contribution in [0.15, 0.2) is 59.8 Å². The lowest BCUT2D eigenvalue weighted by molar-refractivity contribution is 0.0941. The summed E-state index contributed by atoms with van der Waals surface area (Å²) in [6.07, 6.45) is 0. The van der Waals surface area contributed by atoms with Crippen molar-refractivity contribution in [3.8, 4) is 0 Å². The van der Waals surface area contributed by atoms with Crippen LogP contribution in [0.1, 0.15) is 38.9 Å². The van der Waals surface area contributed by atoms with E-state index in [1.807, 2.05) is 69.2 Å². The van der Waals surface area contributed by atoms with Gasteiger partial charge in [0, 0.05) is 29.2 Å². The molecule has 1 unspecified atom stereocenters. The first kappa shape index (κ1) is 23.8. The van der Waals surface area contributed by atoms with Gasteiger partial charge in [0.1, 0.15) is 5.82 Å². The van der Waals surface area contributed by atoms with Gasteiger partial charge in [-0.25, -0.2) is 13.9 Å². The van der Waals surface area contributed by atoms with Gasteiger partial charge in [-0.15, -0.1) is 5.10 Å². The van der Waals surface area contributed by atoms with Gasteiger partial charge >= 0.3 is 0 Å². The third-order valence-corrected chi connectivity index (χ3v) is 6.42. The van der Waals surface area contributed by atoms with Crippen LogP contribution < -0.4 is 5.32 Å². The second kappa shape index (κ2) is 10.3. The Bertz CT molecular complexity index is 1320. The zero-order valence-corrected chi connectivity index (χ0v) is 20.4. The van der Waals surface area contributed by atoms with Crippen molar-refractivity contribution in [2.75, 3.05) is 20.6 Å². The zero-order valence-electron chi connectivity index (χ0n) is 19.6. The van der Waals surface area contributed by atoms with E-state index in [2.05, 4.69) is 20.4 Å². The molecule has 7 nitrogen and oxygen atoms in total. The Kier molecular flexibility index (Phi) is 7.23. The monoisotopic (exact) mass is 478 g/mol. The van der Waals surface area contributed by atoms with E-state index in [-0.39, 0.29) is 17.8 Å². The van der Waals surface area contributed by atoms with Gasteiger partial charge in [-0.3, -0.25) is 4.79 Å². The number of likely N-dealkylation sites (N-methyl/N-ethyl adjacent to an activating group) is 1. The number of nitrogens with one attached hydrogen (secondary N) is 1. The van der Waals surface area contributed by atoms with Crippen LogP contribution in [0.5, 0.6) is 0 Å². The summed E-state index contributed by atoms with van der Waals surface area (Å²) in [6, 6.07) is 15.8. The summed E-state index contributed by atoms with van der Waals surface area (Å²) in [6.45, 7) is 4.25. The molecule has 0 fully saturated rings. The molecule has 4 aromatic rings. The summed E-state index contributed by atoms with van der Waals surface area (Å²) >= 11 is 1.46. The predicted octanol–water partition coefficient (Wildman–Crippen LogP) is 4.21. The maximum absolute atomic E-state index is 13.7. The first-order valence-corrected chi connectivity index (χ1v) is 11.9. The number of aromatic nitrogens is 4. The third-order valence-electron chi connectivity index (χ3n) is 5.53. The molecular formula is C25H27FN6OS. The number of amides is 1. The summed E-state index contributed by atoms with van der Waals surface area (Å²) in [7, 11) is 3.82. The fourth-order valence-electron chi connectivity index (χ4n) is 3.82. The number of benzene rings is 2. The van der Waals surface area contributed by atoms with Crippen LogP contribution in [0.25, 0.3) is 5.78 Å². The molecule has 0 saturated heterocycles. The normalized spacial score (nSPS) is 12.3. The van der Waals surface area contributed by atoms with E-state index in [1.165, 1.54) is 23.9 Å². The van der Waals surface area contributed by atoms with Crippen LogP contribution in [0.3, 0.4) is 0 Å². The lowest BCUT2D eigenvalue weighted by Crippen LogP contribution is -2.35. The van der Waals surface area contributed by atoms with Crippen LogP contribution >= 0.6 is 11.8 Å². The number of hydrogen-bond acceptors (Lipinski definition) is 6. The largest absolute Gasteiger partial charge is 0.350 e. The summed E-state index contributed by atoms with van der Waals surface area (Å²) in [4.78, 5) is 24.0. The molecular weight excluding hydrogens is 451 g/mol. The second-order valence-corrected chi connectivity index (χ2v) is 9.28. The van der Waals surface area contributed by atoms with Crippen molar-refractivity contribution in [2.45, 2.75) is 30.8 Å². The molecule has 0 aliphatic rings. The Balaban J connectivity index is 1.46. The van der Waals surface area contributed by atoms with Gasteiger partial charge in [0.15, 0.2) is 0 Å². The molecule has 1 atom stereocenters. The molecule has 1 N–H and O–H groups in total. The van der Waals surface area contributed by atoms with E-state index < -0.39 is 0 Å². The quantitative estimate of drug-likeness (QED) is 0.383. The molecule has 4 rings (SSSR count). The summed E-state index contributed by atoms with van der Waals surface area (Å²) < 4.78 is 15.4. The Hall–Kier alpha value is -3.30. The average Bonchev–Trinajstić information content (AvgIpc) is 3.21. The number of fused-ring (bicyclic) bond motifs is 1. The van der Waals surface area contributed by atoms with Crippen LogP contribution in [0.2, 0.25) is 0 Å². The smallest absolute Gasteiger partial charge is 0.253 e. The van der Waals surface area contributed by atoms with Gasteiger partial charge < -0.3 is 10.2 Å². The predicted molar refractivity (Wildman–Crippen MR) is 131 cm³/mol. The van der Waals surface area contributed by atoms with Crippen molar-refractivity contribution < 1.29 is 9.18 Å². The Morgan fingerprint density at radius 2 is 1.91 bits per heavy atom. The highest BCUT2D eigenvalue weighted by atomic mass is 32.2. The van der Waals surface area contributed by atoms with Crippen molar-refractivity contribution >= 4 is 23.4 Å². The number of hydrogen-bond donors (Lipinski definition) is 1. The highest BCUT2D eigenvalue weighted by Gasteiger charge is 2.18. The van der Waals surface area contributed by atoms with Crippen LogP contribution in [0.4, 0.5) is 4.39 Å². The number of rotatable bonds is 8. The van der Waals surface area contributed by atoms with Gasteiger partial charge in [0.25, 0.3) is 11.7 Å². The molecule has 176 valence electrons. The number of carbonyl (C=O) groups excluding carboxylic acids is 1. The molecule has 34 heavy (non-hydrogen) atoms. The highest BCUT2D eigenvalue weighted by molar-refractivity contribution is 7.98. The van der Waals surface area contributed by atoms with Gasteiger partial charge in [-0.1, -0.05) is 42.1 Å². The van der Waals surface area contributed by atoms with E-state index >= 15 is 0 Å². The van der Waals surface area contributed by atoms with E-state index in [0.29, 0.717) is 28.8 Å². The Morgan fingerprint density at radius 3 is 2.68 bits per heavy atom. The maximum Gasteiger partial charge on any atom is 0.253 e. The molecule has 0 aliphatic carbocycles. The minimum absolute atomic E-state index is 0.150. The molecule has 0 aliphatic heterocycles. The van der Waals surface area contributed by atoms with Crippen molar-refractivity contribution in [1.29, 1.82) is 0 Å². The van der Waals surface area contributed by atoms with E-state index in [4.69, 9.17) is 0 Å². The van der Waals surface area contributed by atoms with Crippen molar-refractivity contribution in [2.24, 2.45) is 0 Å². The Morgan fingerprint density at radius 1 is 1.12 bits per heavy atom. The van der Waals surface area contributed by atoms with Crippen molar-refractivity contribution in [3.63, 3.8) is 0 Å². The number of halogens is 1. The van der Waals surface area contributed by atoms with Gasteiger partial charge in [0.05, 0.1) is 6.04 Å². The first-order chi connectivity index (χ1) is 16.3. The van der Waals surface area contributed by atoms with Crippen LogP contribution in [-0.2, 0) is 5.75 Å². The molecule has 2 aromatic carbocycles. The van der Waals surface area contributed by atoms with Gasteiger partial charge in [0.2, 0.25) is 5.16 Å². The van der Waals surface area contributed by atoms with E-state index in [0.717, 1.165) is 22.5 Å². The second-order valence-electron chi connectivity index (χ2n) is 8.34. The number of nitrogens with zero attached hydrogens (tertiary/aromatic N) is 5. The average molecular weight is 479 g/mol. The topological polar surface area (TPSA) is 75.4 Å². The number of thioether (sulfide) groups is 1. The van der Waals surface area contributed by atoms with E-state index in [1.54, 1.807) is 10.6 Å². The molecule has 2 aromatic heterocycles.